The molecular weight excluding hydrogens is 867 g/mol. The first kappa shape index (κ1) is 55.2. The average molecular weight is 946 g/mol. The molecule has 0 saturated carbocycles. The predicted molar refractivity (Wildman–Crippen MR) is 308 cm³/mol. The maximum absolute atomic E-state index is 7.19. The zero-order valence-electron chi connectivity index (χ0n) is 43.1. The minimum absolute atomic E-state index is 0.0935. The third-order valence-corrected chi connectivity index (χ3v) is 13.0. The van der Waals surface area contributed by atoms with Crippen molar-refractivity contribution in [3.63, 3.8) is 0 Å². The van der Waals surface area contributed by atoms with Crippen molar-refractivity contribution < 1.29 is 0 Å². The van der Waals surface area contributed by atoms with Crippen LogP contribution in [0.3, 0.4) is 0 Å². The molecule has 0 spiro atoms. The van der Waals surface area contributed by atoms with Gasteiger partial charge in [-0.15, -0.1) is 0 Å². The minimum atomic E-state index is -0.453. The lowest BCUT2D eigenvalue weighted by Gasteiger charge is -2.45. The quantitative estimate of drug-likeness (QED) is 0.100. The van der Waals surface area contributed by atoms with Crippen molar-refractivity contribution >= 4 is 11.6 Å². The molecular formula is C64H79N7. The van der Waals surface area contributed by atoms with E-state index in [0.29, 0.717) is 19.6 Å². The fraction of sp³-hybridized carbons (Fsp3) is 0.250. The van der Waals surface area contributed by atoms with Crippen LogP contribution in [-0.4, -0.2) is 61.5 Å². The maximum atomic E-state index is 7.19. The van der Waals surface area contributed by atoms with Gasteiger partial charge in [-0.3, -0.25) is 0 Å². The van der Waals surface area contributed by atoms with Crippen molar-refractivity contribution in [3.05, 3.63) is 264 Å². The Morgan fingerprint density at radius 3 is 2.30 bits per heavy atom. The van der Waals surface area contributed by atoms with Gasteiger partial charge in [-0.25, -0.2) is 15.4 Å². The van der Waals surface area contributed by atoms with Gasteiger partial charge in [0.1, 0.15) is 0 Å². The summed E-state index contributed by atoms with van der Waals surface area (Å²) in [4.78, 5) is 0. The molecule has 3 aromatic carbocycles. The summed E-state index contributed by atoms with van der Waals surface area (Å²) in [5.74, 6) is 0.0935. The first-order valence-electron chi connectivity index (χ1n) is 24.9. The highest BCUT2D eigenvalue weighted by Crippen LogP contribution is 2.46. The van der Waals surface area contributed by atoms with Crippen LogP contribution >= 0.6 is 0 Å². The van der Waals surface area contributed by atoms with Crippen LogP contribution in [0.15, 0.2) is 248 Å². The van der Waals surface area contributed by atoms with Gasteiger partial charge in [0.25, 0.3) is 0 Å². The predicted octanol–water partition coefficient (Wildman–Crippen LogP) is 12.9. The summed E-state index contributed by atoms with van der Waals surface area (Å²) in [6, 6.07) is 28.3. The minimum Gasteiger partial charge on any atom is -0.333 e. The second-order valence-electron chi connectivity index (χ2n) is 18.5. The van der Waals surface area contributed by atoms with Gasteiger partial charge in [0.2, 0.25) is 0 Å². The van der Waals surface area contributed by atoms with E-state index in [1.807, 2.05) is 12.2 Å². The SMILES string of the molecule is C=C/C=C\C(=C)CN.C=C1/C=C\C=C/CN(N(C)Cc2cccc(-c3ccccc3)c2)C2=C1C=C1CC2CN(NC(N)C(/C=C\C)=C/c2cccc(C3=CCCC=C3)c2)C/C=C\C=C/C(=C)C1(C)C.CN. The number of nitrogens with one attached hydrogen (secondary N) is 1. The third kappa shape index (κ3) is 15.9. The zero-order chi connectivity index (χ0) is 51.2. The number of hydrogen-bond acceptors (Lipinski definition) is 7. The summed E-state index contributed by atoms with van der Waals surface area (Å²) in [5, 5.41) is 7.17. The molecule has 2 atom stereocenters. The second kappa shape index (κ2) is 28.2. The zero-order valence-corrected chi connectivity index (χ0v) is 43.1. The Morgan fingerprint density at radius 1 is 0.859 bits per heavy atom. The number of benzene rings is 3. The van der Waals surface area contributed by atoms with Gasteiger partial charge >= 0.3 is 0 Å². The molecule has 3 aromatic rings. The van der Waals surface area contributed by atoms with Crippen LogP contribution < -0.4 is 22.6 Å². The average Bonchev–Trinajstić information content (AvgIpc) is 3.47. The molecule has 4 aliphatic rings. The molecule has 7 rings (SSSR count). The van der Waals surface area contributed by atoms with Gasteiger partial charge in [-0.1, -0.05) is 216 Å². The Bertz CT molecular complexity index is 2660. The molecule has 7 N–H and O–H groups in total. The van der Waals surface area contributed by atoms with Crippen LogP contribution in [0.1, 0.15) is 56.7 Å². The fourth-order valence-electron chi connectivity index (χ4n) is 8.94. The van der Waals surface area contributed by atoms with Crippen LogP contribution in [0.2, 0.25) is 0 Å². The van der Waals surface area contributed by atoms with Crippen LogP contribution in [0.4, 0.5) is 0 Å². The Labute approximate surface area is 427 Å². The van der Waals surface area contributed by atoms with Gasteiger partial charge in [-0.2, -0.15) is 0 Å². The molecule has 0 amide bonds. The number of allylic oxidation sites excluding steroid dienone is 18. The number of nitrogens with zero attached hydrogens (tertiary/aromatic N) is 3. The highest BCUT2D eigenvalue weighted by atomic mass is 15.6. The topological polar surface area (TPSA) is 99.8 Å². The van der Waals surface area contributed by atoms with E-state index in [1.54, 1.807) is 6.08 Å². The van der Waals surface area contributed by atoms with Gasteiger partial charge in [0.15, 0.2) is 0 Å². The lowest BCUT2D eigenvalue weighted by molar-refractivity contribution is 0.0197. The first-order valence-corrected chi connectivity index (χ1v) is 24.9. The summed E-state index contributed by atoms with van der Waals surface area (Å²) >= 11 is 0. The van der Waals surface area contributed by atoms with Crippen molar-refractivity contribution in [1.29, 1.82) is 0 Å². The Kier molecular flexibility index (Phi) is 22.0. The summed E-state index contributed by atoms with van der Waals surface area (Å²) in [6.45, 7) is 26.4. The van der Waals surface area contributed by atoms with Crippen LogP contribution in [0, 0.1) is 11.3 Å². The van der Waals surface area contributed by atoms with E-state index < -0.39 is 6.17 Å². The van der Waals surface area contributed by atoms with Gasteiger partial charge in [-0.05, 0) is 107 Å². The molecule has 2 aliphatic carbocycles. The molecule has 2 aliphatic heterocycles. The number of nitrogens with two attached hydrogens (primary N) is 3. The van der Waals surface area contributed by atoms with Crippen molar-refractivity contribution in [2.24, 2.45) is 28.5 Å². The molecule has 7 heteroatoms. The van der Waals surface area contributed by atoms with Crippen molar-refractivity contribution in [3.8, 4) is 11.1 Å². The van der Waals surface area contributed by atoms with Crippen molar-refractivity contribution in [1.82, 2.24) is 20.5 Å². The number of hydrazine groups is 2. The number of fused-ring (bicyclic) bond motifs is 3. The van der Waals surface area contributed by atoms with E-state index in [0.717, 1.165) is 65.8 Å². The third-order valence-electron chi connectivity index (χ3n) is 13.0. The molecule has 0 radical (unpaired) electrons. The molecule has 2 heterocycles. The van der Waals surface area contributed by atoms with E-state index in [2.05, 4.69) is 250 Å². The molecule has 2 bridgehead atoms. The summed E-state index contributed by atoms with van der Waals surface area (Å²) < 4.78 is 0. The highest BCUT2D eigenvalue weighted by Gasteiger charge is 2.37. The Balaban J connectivity index is 0.000000853. The fourth-order valence-corrected chi connectivity index (χ4v) is 8.94. The molecule has 370 valence electrons. The van der Waals surface area contributed by atoms with Crippen LogP contribution in [-0.2, 0) is 6.54 Å². The first-order chi connectivity index (χ1) is 34.4. The van der Waals surface area contributed by atoms with Crippen LogP contribution in [0.25, 0.3) is 22.8 Å². The van der Waals surface area contributed by atoms with E-state index >= 15 is 0 Å². The molecule has 7 nitrogen and oxygen atoms in total. The van der Waals surface area contributed by atoms with E-state index in [-0.39, 0.29) is 11.3 Å². The lowest BCUT2D eigenvalue weighted by atomic mass is 9.70. The molecule has 71 heavy (non-hydrogen) atoms. The summed E-state index contributed by atoms with van der Waals surface area (Å²) in [6.07, 6.45) is 40.8. The Morgan fingerprint density at radius 2 is 1.58 bits per heavy atom. The molecule has 0 aromatic heterocycles. The van der Waals surface area contributed by atoms with Crippen molar-refractivity contribution in [2.45, 2.75) is 52.7 Å². The molecule has 2 unspecified atom stereocenters. The van der Waals surface area contributed by atoms with Gasteiger partial charge < -0.3 is 22.2 Å². The largest absolute Gasteiger partial charge is 0.333 e. The number of hydrogen-bond donors (Lipinski definition) is 4. The van der Waals surface area contributed by atoms with Gasteiger partial charge in [0, 0.05) is 55.8 Å². The highest BCUT2D eigenvalue weighted by molar-refractivity contribution is 5.76. The Hall–Kier alpha value is -6.68. The van der Waals surface area contributed by atoms with E-state index in [9.17, 15) is 0 Å². The van der Waals surface area contributed by atoms with Crippen molar-refractivity contribution in [2.75, 3.05) is 40.3 Å². The normalized spacial score (nSPS) is 20.5. The smallest absolute Gasteiger partial charge is 0.0940 e. The van der Waals surface area contributed by atoms with E-state index in [1.165, 1.54) is 46.1 Å². The molecule has 0 fully saturated rings. The van der Waals surface area contributed by atoms with E-state index in [4.69, 9.17) is 11.5 Å². The lowest BCUT2D eigenvalue weighted by Crippen LogP contribution is -2.53. The summed E-state index contributed by atoms with van der Waals surface area (Å²) in [7, 11) is 3.71. The van der Waals surface area contributed by atoms with Crippen LogP contribution in [0.5, 0.6) is 0 Å². The maximum Gasteiger partial charge on any atom is 0.0940 e. The standard InChI is InChI=1S/C56H63N5.C7H11N.CH5N/c1-7-22-50(36-44-25-20-31-48(35-44)46-27-14-8-15-28-46)55(57)58-60-33-18-11-13-24-43(3)56(4,5)52-38-51(41-60)54-53(39-52)42(2)23-12-10-19-34-61(54)59(6)40-45-26-21-32-49(37-45)47-29-16-9-17-30-47;1-3-4-5-7(2)6-8;1-2/h7,9-14,16-32,35-37,39,51,55,58H,2-3,8,15,33-34,38,40-41,57H2,1,4-6H3;3-5H,1-2,6,8H2;2H2,1H3/b18-11-,19-10-,22-7-,23-12-,24-13-,50-36+;5-4-;. The monoisotopic (exact) mass is 946 g/mol. The second-order valence-corrected chi connectivity index (χ2v) is 18.5. The number of rotatable bonds is 13. The summed E-state index contributed by atoms with van der Waals surface area (Å²) in [5.41, 5.74) is 35.5. The molecule has 0 saturated heterocycles. The van der Waals surface area contributed by atoms with Gasteiger partial charge in [0.05, 0.1) is 12.7 Å².